The van der Waals surface area contributed by atoms with Crippen LogP contribution in [0.3, 0.4) is 0 Å². The molecule has 1 aliphatic heterocycles. The van der Waals surface area contributed by atoms with Crippen LogP contribution in [-0.4, -0.2) is 25.7 Å². The van der Waals surface area contributed by atoms with Gasteiger partial charge in [-0.3, -0.25) is 4.79 Å². The highest BCUT2D eigenvalue weighted by Gasteiger charge is 2.40. The third-order valence-electron chi connectivity index (χ3n) is 2.79. The summed E-state index contributed by atoms with van der Waals surface area (Å²) in [4.78, 5) is 11.7. The molecule has 1 atom stereocenters. The molecule has 0 aliphatic carbocycles. The summed E-state index contributed by atoms with van der Waals surface area (Å²) >= 11 is 0. The molecule has 0 aromatic rings. The second kappa shape index (κ2) is 4.61. The number of rotatable bonds is 4. The van der Waals surface area contributed by atoms with E-state index in [0.29, 0.717) is 6.61 Å². The van der Waals surface area contributed by atoms with Crippen LogP contribution < -0.4 is 5.32 Å². The summed E-state index contributed by atoms with van der Waals surface area (Å²) < 4.78 is 5.19. The zero-order valence-electron chi connectivity index (χ0n) is 8.56. The minimum absolute atomic E-state index is 0.0122. The van der Waals surface area contributed by atoms with Crippen molar-refractivity contribution in [2.24, 2.45) is 5.41 Å². The molecule has 1 saturated heterocycles. The quantitative estimate of drug-likeness (QED) is 0.671. The molecule has 1 fully saturated rings. The summed E-state index contributed by atoms with van der Waals surface area (Å²) in [6.07, 6.45) is 2.70. The van der Waals surface area contributed by atoms with E-state index in [1.165, 1.54) is 0 Å². The van der Waals surface area contributed by atoms with Gasteiger partial charge in [-0.25, -0.2) is 0 Å². The monoisotopic (exact) mass is 185 g/mol. The molecular weight excluding hydrogens is 166 g/mol. The molecule has 1 rings (SSSR count). The maximum atomic E-state index is 11.7. The van der Waals surface area contributed by atoms with Gasteiger partial charge in [0.2, 0.25) is 0 Å². The summed E-state index contributed by atoms with van der Waals surface area (Å²) in [5.74, 6) is -0.0122. The van der Waals surface area contributed by atoms with Crippen molar-refractivity contribution in [3.8, 4) is 0 Å². The summed E-state index contributed by atoms with van der Waals surface area (Å²) in [7, 11) is 0. The Balaban J connectivity index is 2.49. The van der Waals surface area contributed by atoms with Gasteiger partial charge in [-0.2, -0.15) is 0 Å². The van der Waals surface area contributed by atoms with Gasteiger partial charge >= 0.3 is 5.97 Å². The second-order valence-electron chi connectivity index (χ2n) is 3.70. The van der Waals surface area contributed by atoms with Crippen LogP contribution in [0.15, 0.2) is 0 Å². The van der Waals surface area contributed by atoms with Crippen LogP contribution in [0, 0.1) is 5.41 Å². The number of esters is 1. The first-order valence-corrected chi connectivity index (χ1v) is 5.13. The van der Waals surface area contributed by atoms with Crippen molar-refractivity contribution >= 4 is 5.97 Å². The van der Waals surface area contributed by atoms with E-state index < -0.39 is 0 Å². The van der Waals surface area contributed by atoms with Gasteiger partial charge in [0.1, 0.15) is 0 Å². The average molecular weight is 185 g/mol. The summed E-state index contributed by atoms with van der Waals surface area (Å²) in [5, 5.41) is 3.22. The number of carbonyl (C=O) groups excluding carboxylic acids is 1. The normalized spacial score (nSPS) is 27.5. The average Bonchev–Trinajstić information content (AvgIpc) is 2.63. The van der Waals surface area contributed by atoms with Gasteiger partial charge in [0.05, 0.1) is 12.0 Å². The maximum absolute atomic E-state index is 11.7. The fourth-order valence-corrected chi connectivity index (χ4v) is 1.71. The van der Waals surface area contributed by atoms with Gasteiger partial charge < -0.3 is 10.1 Å². The van der Waals surface area contributed by atoms with Gasteiger partial charge in [-0.05, 0) is 25.8 Å². The van der Waals surface area contributed by atoms with Gasteiger partial charge in [0, 0.05) is 6.54 Å². The van der Waals surface area contributed by atoms with Gasteiger partial charge in [-0.1, -0.05) is 13.8 Å². The molecule has 3 heteroatoms. The zero-order chi connectivity index (χ0) is 9.73. The molecule has 0 aromatic carbocycles. The Labute approximate surface area is 79.8 Å². The first-order chi connectivity index (χ1) is 6.25. The maximum Gasteiger partial charge on any atom is 0.313 e. The lowest BCUT2D eigenvalue weighted by molar-refractivity contribution is -0.155. The van der Waals surface area contributed by atoms with Gasteiger partial charge in [0.25, 0.3) is 0 Å². The van der Waals surface area contributed by atoms with Crippen LogP contribution in [0.2, 0.25) is 0 Å². The van der Waals surface area contributed by atoms with Crippen LogP contribution >= 0.6 is 0 Å². The lowest BCUT2D eigenvalue weighted by Gasteiger charge is -2.23. The van der Waals surface area contributed by atoms with Crippen molar-refractivity contribution in [3.05, 3.63) is 0 Å². The molecule has 0 saturated carbocycles. The SMILES string of the molecule is CCCOC(=O)C1(CC)CCNC1. The van der Waals surface area contributed by atoms with Crippen molar-refractivity contribution < 1.29 is 9.53 Å². The fourth-order valence-electron chi connectivity index (χ4n) is 1.71. The van der Waals surface area contributed by atoms with E-state index in [-0.39, 0.29) is 11.4 Å². The lowest BCUT2D eigenvalue weighted by atomic mass is 9.84. The third kappa shape index (κ3) is 2.21. The summed E-state index contributed by atoms with van der Waals surface area (Å²) in [6.45, 7) is 6.35. The van der Waals surface area contributed by atoms with Gasteiger partial charge in [0.15, 0.2) is 0 Å². The highest BCUT2D eigenvalue weighted by Crippen LogP contribution is 2.30. The Hall–Kier alpha value is -0.570. The van der Waals surface area contributed by atoms with Crippen LogP contribution in [0.25, 0.3) is 0 Å². The Morgan fingerprint density at radius 1 is 1.54 bits per heavy atom. The molecule has 1 N–H and O–H groups in total. The molecule has 1 aliphatic rings. The summed E-state index contributed by atoms with van der Waals surface area (Å²) in [5.41, 5.74) is -0.227. The topological polar surface area (TPSA) is 38.3 Å². The molecule has 0 aromatic heterocycles. The highest BCUT2D eigenvalue weighted by atomic mass is 16.5. The second-order valence-corrected chi connectivity index (χ2v) is 3.70. The molecular formula is C10H19NO2. The molecule has 1 unspecified atom stereocenters. The number of nitrogens with one attached hydrogen (secondary N) is 1. The molecule has 0 spiro atoms. The van der Waals surface area contributed by atoms with E-state index in [1.807, 2.05) is 6.92 Å². The Kier molecular flexibility index (Phi) is 3.72. The Morgan fingerprint density at radius 3 is 2.77 bits per heavy atom. The molecule has 0 bridgehead atoms. The first kappa shape index (κ1) is 10.5. The van der Waals surface area contributed by atoms with E-state index in [9.17, 15) is 4.79 Å². The minimum Gasteiger partial charge on any atom is -0.465 e. The van der Waals surface area contributed by atoms with Gasteiger partial charge in [-0.15, -0.1) is 0 Å². The van der Waals surface area contributed by atoms with Crippen molar-refractivity contribution in [3.63, 3.8) is 0 Å². The molecule has 0 amide bonds. The molecule has 1 heterocycles. The van der Waals surface area contributed by atoms with Crippen molar-refractivity contribution in [1.82, 2.24) is 5.32 Å². The van der Waals surface area contributed by atoms with E-state index in [4.69, 9.17) is 4.74 Å². The molecule has 13 heavy (non-hydrogen) atoms. The minimum atomic E-state index is -0.227. The predicted molar refractivity (Wildman–Crippen MR) is 51.5 cm³/mol. The largest absolute Gasteiger partial charge is 0.465 e. The molecule has 3 nitrogen and oxygen atoms in total. The van der Waals surface area contributed by atoms with Crippen molar-refractivity contribution in [2.75, 3.05) is 19.7 Å². The van der Waals surface area contributed by atoms with Crippen LogP contribution in [0.1, 0.15) is 33.1 Å². The Bertz CT molecular complexity index is 174. The van der Waals surface area contributed by atoms with Crippen LogP contribution in [-0.2, 0) is 9.53 Å². The first-order valence-electron chi connectivity index (χ1n) is 5.13. The van der Waals surface area contributed by atoms with E-state index in [1.54, 1.807) is 0 Å². The fraction of sp³-hybridized carbons (Fsp3) is 0.900. The van der Waals surface area contributed by atoms with Crippen LogP contribution in [0.4, 0.5) is 0 Å². The van der Waals surface area contributed by atoms with Crippen molar-refractivity contribution in [1.29, 1.82) is 0 Å². The molecule has 0 radical (unpaired) electrons. The van der Waals surface area contributed by atoms with E-state index >= 15 is 0 Å². The van der Waals surface area contributed by atoms with E-state index in [0.717, 1.165) is 32.4 Å². The predicted octanol–water partition coefficient (Wildman–Crippen LogP) is 1.33. The van der Waals surface area contributed by atoms with Crippen LogP contribution in [0.5, 0.6) is 0 Å². The van der Waals surface area contributed by atoms with Crippen molar-refractivity contribution in [2.45, 2.75) is 33.1 Å². The number of carbonyl (C=O) groups is 1. The standard InChI is InChI=1S/C10H19NO2/c1-3-7-13-9(12)10(4-2)5-6-11-8-10/h11H,3-8H2,1-2H3. The number of hydrogen-bond donors (Lipinski definition) is 1. The molecule has 76 valence electrons. The number of ether oxygens (including phenoxy) is 1. The smallest absolute Gasteiger partial charge is 0.313 e. The zero-order valence-corrected chi connectivity index (χ0v) is 8.56. The Morgan fingerprint density at radius 2 is 2.31 bits per heavy atom. The lowest BCUT2D eigenvalue weighted by Crippen LogP contribution is -2.34. The summed E-state index contributed by atoms with van der Waals surface area (Å²) in [6, 6.07) is 0. The highest BCUT2D eigenvalue weighted by molar-refractivity contribution is 5.77. The third-order valence-corrected chi connectivity index (χ3v) is 2.79. The number of hydrogen-bond acceptors (Lipinski definition) is 3. The van der Waals surface area contributed by atoms with E-state index in [2.05, 4.69) is 12.2 Å².